The third-order valence-corrected chi connectivity index (χ3v) is 5.28. The average Bonchev–Trinajstić information content (AvgIpc) is 2.38. The summed E-state index contributed by atoms with van der Waals surface area (Å²) in [6, 6.07) is 1.92. The van der Waals surface area contributed by atoms with Crippen LogP contribution < -0.4 is 5.73 Å². The van der Waals surface area contributed by atoms with E-state index in [9.17, 15) is 5.11 Å². The molecule has 3 unspecified atom stereocenters. The number of aliphatic hydroxyl groups excluding tert-OH is 1. The molecule has 0 bridgehead atoms. The second-order valence-electron chi connectivity index (χ2n) is 5.69. The predicted molar refractivity (Wildman–Crippen MR) is 83.7 cm³/mol. The van der Waals surface area contributed by atoms with Gasteiger partial charge in [-0.25, -0.2) is 0 Å². The highest BCUT2D eigenvalue weighted by Crippen LogP contribution is 2.48. The lowest BCUT2D eigenvalue weighted by molar-refractivity contribution is -0.0161. The molecule has 0 aromatic carbocycles. The van der Waals surface area contributed by atoms with Gasteiger partial charge in [0.2, 0.25) is 0 Å². The summed E-state index contributed by atoms with van der Waals surface area (Å²) in [7, 11) is 0. The highest BCUT2D eigenvalue weighted by atomic mass is 79.9. The Hall–Kier alpha value is 0.0300. The van der Waals surface area contributed by atoms with Gasteiger partial charge >= 0.3 is 0 Å². The number of halogens is 2. The summed E-state index contributed by atoms with van der Waals surface area (Å²) in [6.07, 6.45) is 5.41. The molecule has 0 saturated heterocycles. The van der Waals surface area contributed by atoms with Gasteiger partial charge in [0.15, 0.2) is 0 Å². The van der Waals surface area contributed by atoms with Gasteiger partial charge in [0.25, 0.3) is 0 Å². The van der Waals surface area contributed by atoms with Crippen LogP contribution in [0.1, 0.15) is 44.4 Å². The fraction of sp³-hybridized carbons (Fsp3) is 0.643. The van der Waals surface area contributed by atoms with Crippen molar-refractivity contribution < 1.29 is 5.11 Å². The predicted octanol–water partition coefficient (Wildman–Crippen LogP) is 3.80. The number of nitrogens with zero attached hydrogens (tertiary/aromatic N) is 1. The second kappa shape index (κ2) is 6.20. The molecular formula is C14H20Br2N2O. The molecule has 1 fully saturated rings. The maximum absolute atomic E-state index is 10.8. The molecule has 5 heteroatoms. The molecule has 3 atom stereocenters. The van der Waals surface area contributed by atoms with Gasteiger partial charge in [-0.1, -0.05) is 19.8 Å². The molecule has 3 N–H and O–H groups in total. The zero-order chi connectivity index (χ0) is 14.0. The highest BCUT2D eigenvalue weighted by Gasteiger charge is 2.42. The minimum absolute atomic E-state index is 0.235. The molecule has 19 heavy (non-hydrogen) atoms. The molecule has 0 spiro atoms. The van der Waals surface area contributed by atoms with E-state index >= 15 is 0 Å². The van der Waals surface area contributed by atoms with Crippen LogP contribution in [-0.4, -0.2) is 16.6 Å². The normalized spacial score (nSPS) is 29.2. The van der Waals surface area contributed by atoms with Crippen LogP contribution in [0.15, 0.2) is 21.2 Å². The number of hydrogen-bond acceptors (Lipinski definition) is 3. The van der Waals surface area contributed by atoms with Gasteiger partial charge in [0.05, 0.1) is 5.69 Å². The van der Waals surface area contributed by atoms with Crippen LogP contribution in [0.2, 0.25) is 0 Å². The smallest absolute Gasteiger partial charge is 0.104 e. The number of rotatable bonds is 3. The summed E-state index contributed by atoms with van der Waals surface area (Å²) in [5.41, 5.74) is 6.47. The van der Waals surface area contributed by atoms with Crippen LogP contribution in [0.4, 0.5) is 0 Å². The van der Waals surface area contributed by atoms with Crippen molar-refractivity contribution in [2.45, 2.75) is 38.7 Å². The Morgan fingerprint density at radius 3 is 2.89 bits per heavy atom. The van der Waals surface area contributed by atoms with Gasteiger partial charge in [-0.3, -0.25) is 4.98 Å². The van der Waals surface area contributed by atoms with Crippen molar-refractivity contribution in [2.75, 3.05) is 6.54 Å². The van der Waals surface area contributed by atoms with Crippen molar-refractivity contribution in [2.24, 2.45) is 17.1 Å². The van der Waals surface area contributed by atoms with Crippen LogP contribution in [-0.2, 0) is 0 Å². The molecule has 0 aliphatic heterocycles. The average molecular weight is 392 g/mol. The van der Waals surface area contributed by atoms with E-state index < -0.39 is 6.10 Å². The largest absolute Gasteiger partial charge is 0.386 e. The van der Waals surface area contributed by atoms with Gasteiger partial charge in [0.1, 0.15) is 6.10 Å². The van der Waals surface area contributed by atoms with Crippen LogP contribution in [0.3, 0.4) is 0 Å². The Balaban J connectivity index is 2.32. The molecular weight excluding hydrogens is 372 g/mol. The lowest BCUT2D eigenvalue weighted by Crippen LogP contribution is -2.41. The molecule has 1 saturated carbocycles. The lowest BCUT2D eigenvalue weighted by Gasteiger charge is -2.42. The maximum atomic E-state index is 10.8. The maximum Gasteiger partial charge on any atom is 0.104 e. The van der Waals surface area contributed by atoms with E-state index in [-0.39, 0.29) is 5.41 Å². The molecule has 1 aliphatic rings. The van der Waals surface area contributed by atoms with E-state index in [0.29, 0.717) is 18.2 Å². The third kappa shape index (κ3) is 3.20. The molecule has 0 amide bonds. The number of aliphatic hydroxyl groups is 1. The summed E-state index contributed by atoms with van der Waals surface area (Å²) >= 11 is 6.87. The zero-order valence-corrected chi connectivity index (χ0v) is 14.2. The van der Waals surface area contributed by atoms with E-state index in [1.54, 1.807) is 6.20 Å². The van der Waals surface area contributed by atoms with Crippen molar-refractivity contribution >= 4 is 31.9 Å². The first-order valence-electron chi connectivity index (χ1n) is 6.67. The Labute approximate surface area is 131 Å². The number of hydrogen-bond donors (Lipinski definition) is 2. The van der Waals surface area contributed by atoms with Gasteiger partial charge < -0.3 is 10.8 Å². The first-order chi connectivity index (χ1) is 8.98. The van der Waals surface area contributed by atoms with Gasteiger partial charge in [0, 0.05) is 27.1 Å². The first-order valence-corrected chi connectivity index (χ1v) is 8.26. The molecule has 106 valence electrons. The Morgan fingerprint density at radius 1 is 1.58 bits per heavy atom. The third-order valence-electron chi connectivity index (χ3n) is 4.21. The van der Waals surface area contributed by atoms with Crippen LogP contribution in [0, 0.1) is 11.3 Å². The van der Waals surface area contributed by atoms with Crippen molar-refractivity contribution in [1.29, 1.82) is 0 Å². The number of pyridine rings is 1. The molecule has 1 aromatic heterocycles. The van der Waals surface area contributed by atoms with E-state index in [4.69, 9.17) is 5.73 Å². The fourth-order valence-electron chi connectivity index (χ4n) is 3.16. The molecule has 2 rings (SSSR count). The quantitative estimate of drug-likeness (QED) is 0.823. The summed E-state index contributed by atoms with van der Waals surface area (Å²) in [4.78, 5) is 4.37. The highest BCUT2D eigenvalue weighted by molar-refractivity contribution is 9.11. The second-order valence-corrected chi connectivity index (χ2v) is 7.46. The van der Waals surface area contributed by atoms with Crippen molar-refractivity contribution in [3.8, 4) is 0 Å². The fourth-order valence-corrected chi connectivity index (χ4v) is 4.37. The summed E-state index contributed by atoms with van der Waals surface area (Å²) in [5.74, 6) is 0.612. The summed E-state index contributed by atoms with van der Waals surface area (Å²) in [5, 5.41) is 10.8. The van der Waals surface area contributed by atoms with Gasteiger partial charge in [-0.15, -0.1) is 0 Å². The van der Waals surface area contributed by atoms with Crippen LogP contribution in [0.25, 0.3) is 0 Å². The van der Waals surface area contributed by atoms with Gasteiger partial charge in [-0.05, 0) is 56.7 Å². The van der Waals surface area contributed by atoms with E-state index in [1.165, 1.54) is 6.42 Å². The van der Waals surface area contributed by atoms with Crippen molar-refractivity contribution in [1.82, 2.24) is 4.98 Å². The minimum atomic E-state index is -0.609. The molecule has 0 radical (unpaired) electrons. The Kier molecular flexibility index (Phi) is 5.04. The number of nitrogens with two attached hydrogens (primary N) is 1. The van der Waals surface area contributed by atoms with Crippen LogP contribution >= 0.6 is 31.9 Å². The van der Waals surface area contributed by atoms with Crippen molar-refractivity contribution in [3.63, 3.8) is 0 Å². The minimum Gasteiger partial charge on any atom is -0.386 e. The SMILES string of the molecule is CC1CCCC(CN)(C(O)c2ncc(Br)cc2Br)C1. The van der Waals surface area contributed by atoms with Gasteiger partial charge in [-0.2, -0.15) is 0 Å². The molecule has 1 aromatic rings. The lowest BCUT2D eigenvalue weighted by atomic mass is 9.66. The van der Waals surface area contributed by atoms with E-state index in [0.717, 1.165) is 28.2 Å². The van der Waals surface area contributed by atoms with E-state index in [1.807, 2.05) is 6.07 Å². The molecule has 3 nitrogen and oxygen atoms in total. The Bertz CT molecular complexity index is 455. The van der Waals surface area contributed by atoms with Crippen LogP contribution in [0.5, 0.6) is 0 Å². The summed E-state index contributed by atoms with van der Waals surface area (Å²) < 4.78 is 1.73. The molecule has 1 heterocycles. The summed E-state index contributed by atoms with van der Waals surface area (Å²) in [6.45, 7) is 2.74. The van der Waals surface area contributed by atoms with Crippen molar-refractivity contribution in [3.05, 3.63) is 26.9 Å². The zero-order valence-electron chi connectivity index (χ0n) is 11.1. The number of aromatic nitrogens is 1. The molecule has 1 aliphatic carbocycles. The standard InChI is InChI=1S/C14H20Br2N2O/c1-9-3-2-4-14(6-9,8-17)13(19)12-11(16)5-10(15)7-18-12/h5,7,9,13,19H,2-4,6,8,17H2,1H3. The Morgan fingerprint density at radius 2 is 2.32 bits per heavy atom. The topological polar surface area (TPSA) is 59.1 Å². The monoisotopic (exact) mass is 390 g/mol. The first kappa shape index (κ1) is 15.4. The van der Waals surface area contributed by atoms with E-state index in [2.05, 4.69) is 43.8 Å².